The van der Waals surface area contributed by atoms with Crippen molar-refractivity contribution < 1.29 is 14.3 Å². The van der Waals surface area contributed by atoms with E-state index >= 15 is 0 Å². The average molecular weight is 357 g/mol. The summed E-state index contributed by atoms with van der Waals surface area (Å²) in [6.45, 7) is 5.56. The number of amides is 1. The predicted octanol–water partition coefficient (Wildman–Crippen LogP) is 2.88. The number of nitrogens with zero attached hydrogens (tertiary/aromatic N) is 1. The molecule has 2 rings (SSSR count). The molecule has 6 heteroatoms. The first kappa shape index (κ1) is 19.7. The van der Waals surface area contributed by atoms with Crippen LogP contribution in [-0.2, 0) is 0 Å². The van der Waals surface area contributed by atoms with Gasteiger partial charge in [-0.15, -0.1) is 0 Å². The fourth-order valence-corrected chi connectivity index (χ4v) is 3.21. The van der Waals surface area contributed by atoms with Crippen LogP contribution >= 0.6 is 0 Å². The third-order valence-electron chi connectivity index (χ3n) is 4.60. The first-order chi connectivity index (χ1) is 12.3. The summed E-state index contributed by atoms with van der Waals surface area (Å²) in [5, 5.41) is 2.97. The van der Waals surface area contributed by atoms with E-state index in [-0.39, 0.29) is 17.7 Å². The first-order valence-electron chi connectivity index (χ1n) is 8.55. The highest BCUT2D eigenvalue weighted by Gasteiger charge is 2.21. The van der Waals surface area contributed by atoms with Crippen LogP contribution in [0.25, 0.3) is 0 Å². The van der Waals surface area contributed by atoms with Crippen molar-refractivity contribution in [2.45, 2.75) is 26.8 Å². The first-order valence-corrected chi connectivity index (χ1v) is 8.55. The lowest BCUT2D eigenvalue weighted by molar-refractivity contribution is 0.0936. The Kier molecular flexibility index (Phi) is 6.21. The molecule has 0 spiro atoms. The van der Waals surface area contributed by atoms with Gasteiger partial charge in [0.05, 0.1) is 13.2 Å². The fraction of sp³-hybridized carbons (Fsp3) is 0.400. The molecule has 1 amide bonds. The van der Waals surface area contributed by atoms with Crippen LogP contribution < -0.4 is 10.1 Å². The van der Waals surface area contributed by atoms with Crippen LogP contribution in [0, 0.1) is 13.8 Å². The molecule has 0 aliphatic carbocycles. The molecule has 1 unspecified atom stereocenters. The number of aromatic nitrogens is 1. The number of likely N-dealkylation sites (N-methyl/N-ethyl adjacent to an activating group) is 1. The smallest absolute Gasteiger partial charge is 0.268 e. The quantitative estimate of drug-likeness (QED) is 0.747. The molecule has 140 valence electrons. The Morgan fingerprint density at radius 1 is 1.19 bits per heavy atom. The number of hydrogen-bond donors (Lipinski definition) is 2. The molecule has 0 fully saturated rings. The summed E-state index contributed by atoms with van der Waals surface area (Å²) in [6.07, 6.45) is 0. The lowest BCUT2D eigenvalue weighted by Gasteiger charge is -2.25. The number of ketones is 1. The summed E-state index contributed by atoms with van der Waals surface area (Å²) in [4.78, 5) is 29.5. The van der Waals surface area contributed by atoms with Gasteiger partial charge in [0.15, 0.2) is 5.78 Å². The summed E-state index contributed by atoms with van der Waals surface area (Å²) in [5.41, 5.74) is 3.53. The molecule has 1 aromatic carbocycles. The molecule has 0 bridgehead atoms. The second-order valence-corrected chi connectivity index (χ2v) is 6.64. The minimum Gasteiger partial charge on any atom is -0.497 e. The molecule has 26 heavy (non-hydrogen) atoms. The van der Waals surface area contributed by atoms with E-state index in [2.05, 4.69) is 15.2 Å². The maximum Gasteiger partial charge on any atom is 0.268 e. The lowest BCUT2D eigenvalue weighted by Crippen LogP contribution is -2.35. The zero-order valence-electron chi connectivity index (χ0n) is 16.3. The van der Waals surface area contributed by atoms with Crippen molar-refractivity contribution in [3.05, 3.63) is 52.3 Å². The number of Topliss-reactive ketones (excluding diaryl/α,β-unsaturated/α-hetero) is 1. The van der Waals surface area contributed by atoms with E-state index in [0.717, 1.165) is 17.0 Å². The molecule has 2 N–H and O–H groups in total. The Morgan fingerprint density at radius 3 is 2.27 bits per heavy atom. The number of nitrogens with one attached hydrogen (secondary N) is 2. The molecule has 1 aromatic heterocycles. The number of aryl methyl sites for hydroxylation is 1. The van der Waals surface area contributed by atoms with Crippen molar-refractivity contribution in [2.24, 2.45) is 0 Å². The van der Waals surface area contributed by atoms with E-state index in [1.807, 2.05) is 38.4 Å². The zero-order chi connectivity index (χ0) is 19.4. The largest absolute Gasteiger partial charge is 0.497 e. The van der Waals surface area contributed by atoms with Crippen LogP contribution in [0.1, 0.15) is 50.6 Å². The van der Waals surface area contributed by atoms with Gasteiger partial charge in [-0.1, -0.05) is 12.1 Å². The number of ether oxygens (including phenoxy) is 1. The molecule has 0 aliphatic heterocycles. The van der Waals surface area contributed by atoms with E-state index in [4.69, 9.17) is 4.74 Å². The summed E-state index contributed by atoms with van der Waals surface area (Å²) >= 11 is 0. The SMILES string of the molecule is COc1ccc(C(CNC(=O)c2[nH]c(C)c(C(C)=O)c2C)N(C)C)cc1. The Bertz CT molecular complexity index is 791. The topological polar surface area (TPSA) is 74.4 Å². The van der Waals surface area contributed by atoms with E-state index in [0.29, 0.717) is 23.4 Å². The van der Waals surface area contributed by atoms with Crippen molar-refractivity contribution >= 4 is 11.7 Å². The monoisotopic (exact) mass is 357 g/mol. The van der Waals surface area contributed by atoms with E-state index in [9.17, 15) is 9.59 Å². The highest BCUT2D eigenvalue weighted by atomic mass is 16.5. The Morgan fingerprint density at radius 2 is 1.81 bits per heavy atom. The van der Waals surface area contributed by atoms with Crippen LogP contribution in [-0.4, -0.2) is 49.3 Å². The normalized spacial score (nSPS) is 12.1. The highest BCUT2D eigenvalue weighted by molar-refractivity contribution is 6.02. The predicted molar refractivity (Wildman–Crippen MR) is 102 cm³/mol. The maximum absolute atomic E-state index is 12.6. The van der Waals surface area contributed by atoms with Crippen molar-refractivity contribution in [1.82, 2.24) is 15.2 Å². The zero-order valence-corrected chi connectivity index (χ0v) is 16.3. The molecule has 2 aromatic rings. The molecule has 1 atom stereocenters. The number of methoxy groups -OCH3 is 1. The summed E-state index contributed by atoms with van der Waals surface area (Å²) in [7, 11) is 5.58. The maximum atomic E-state index is 12.6. The Hall–Kier alpha value is -2.60. The lowest BCUT2D eigenvalue weighted by atomic mass is 10.0. The van der Waals surface area contributed by atoms with Gasteiger partial charge < -0.3 is 19.9 Å². The second kappa shape index (κ2) is 8.19. The summed E-state index contributed by atoms with van der Waals surface area (Å²) in [6, 6.07) is 7.82. The molecule has 1 heterocycles. The van der Waals surface area contributed by atoms with Gasteiger partial charge >= 0.3 is 0 Å². The number of carbonyl (C=O) groups is 2. The van der Waals surface area contributed by atoms with Gasteiger partial charge in [0.2, 0.25) is 0 Å². The Labute approximate surface area is 154 Å². The van der Waals surface area contributed by atoms with Gasteiger partial charge in [-0.25, -0.2) is 0 Å². The fourth-order valence-electron chi connectivity index (χ4n) is 3.21. The van der Waals surface area contributed by atoms with Gasteiger partial charge in [0.1, 0.15) is 11.4 Å². The minimum absolute atomic E-state index is 0.0218. The van der Waals surface area contributed by atoms with Gasteiger partial charge in [-0.3, -0.25) is 9.59 Å². The van der Waals surface area contributed by atoms with Crippen molar-refractivity contribution in [3.63, 3.8) is 0 Å². The number of rotatable bonds is 7. The molecular weight excluding hydrogens is 330 g/mol. The van der Waals surface area contributed by atoms with Gasteiger partial charge in [0, 0.05) is 17.8 Å². The van der Waals surface area contributed by atoms with Crippen LogP contribution in [0.3, 0.4) is 0 Å². The summed E-state index contributed by atoms with van der Waals surface area (Å²) in [5.74, 6) is 0.544. The third kappa shape index (κ3) is 4.14. The number of carbonyl (C=O) groups excluding carboxylic acids is 2. The molecule has 0 saturated carbocycles. The highest BCUT2D eigenvalue weighted by Crippen LogP contribution is 2.22. The second-order valence-electron chi connectivity index (χ2n) is 6.64. The van der Waals surface area contributed by atoms with Crippen molar-refractivity contribution in [2.75, 3.05) is 27.7 Å². The van der Waals surface area contributed by atoms with Crippen molar-refractivity contribution in [3.8, 4) is 5.75 Å². The Balaban J connectivity index is 2.15. The molecule has 0 saturated heterocycles. The summed E-state index contributed by atoms with van der Waals surface area (Å²) < 4.78 is 5.20. The molecule has 0 aliphatic rings. The third-order valence-corrected chi connectivity index (χ3v) is 4.60. The van der Waals surface area contributed by atoms with E-state index in [1.165, 1.54) is 6.92 Å². The van der Waals surface area contributed by atoms with Crippen LogP contribution in [0.5, 0.6) is 5.75 Å². The molecular formula is C20H27N3O3. The molecule has 0 radical (unpaired) electrons. The van der Waals surface area contributed by atoms with Gasteiger partial charge in [0.25, 0.3) is 5.91 Å². The van der Waals surface area contributed by atoms with Crippen LogP contribution in [0.15, 0.2) is 24.3 Å². The van der Waals surface area contributed by atoms with E-state index < -0.39 is 0 Å². The number of hydrogen-bond acceptors (Lipinski definition) is 4. The molecule has 6 nitrogen and oxygen atoms in total. The number of benzene rings is 1. The van der Waals surface area contributed by atoms with Crippen molar-refractivity contribution in [1.29, 1.82) is 0 Å². The van der Waals surface area contributed by atoms with Crippen LogP contribution in [0.4, 0.5) is 0 Å². The van der Waals surface area contributed by atoms with E-state index in [1.54, 1.807) is 21.0 Å². The average Bonchev–Trinajstić information content (AvgIpc) is 2.89. The standard InChI is InChI=1S/C20H27N3O3/c1-12-18(14(3)24)13(2)22-19(12)20(25)21-11-17(23(4)5)15-7-9-16(26-6)10-8-15/h7-10,17,22H,11H2,1-6H3,(H,21,25). The van der Waals surface area contributed by atoms with Gasteiger partial charge in [-0.05, 0) is 58.1 Å². The van der Waals surface area contributed by atoms with Gasteiger partial charge in [-0.2, -0.15) is 0 Å². The number of aromatic amines is 1. The van der Waals surface area contributed by atoms with Crippen LogP contribution in [0.2, 0.25) is 0 Å². The number of H-pyrrole nitrogens is 1. The minimum atomic E-state index is -0.210.